The summed E-state index contributed by atoms with van der Waals surface area (Å²) >= 11 is 15.5. The fourth-order valence-electron chi connectivity index (χ4n) is 3.01. The quantitative estimate of drug-likeness (QED) is 0.697. The van der Waals surface area contributed by atoms with Crippen LogP contribution in [0, 0.1) is 5.82 Å². The molecule has 4 rings (SSSR count). The summed E-state index contributed by atoms with van der Waals surface area (Å²) in [6.45, 7) is -0.126. The molecule has 1 unspecified atom stereocenters. The van der Waals surface area contributed by atoms with Crippen LogP contribution in [0.1, 0.15) is 5.56 Å². The Kier molecular flexibility index (Phi) is 5.05. The maximum Gasteiger partial charge on any atom is 0.340 e. The van der Waals surface area contributed by atoms with Gasteiger partial charge < -0.3 is 0 Å². The maximum atomic E-state index is 14.1. The lowest BCUT2D eigenvalue weighted by atomic mass is 10.2. The number of rotatable bonds is 3. The second-order valence-electron chi connectivity index (χ2n) is 6.09. The number of anilines is 1. The van der Waals surface area contributed by atoms with Gasteiger partial charge in [0.15, 0.2) is 6.17 Å². The smallest absolute Gasteiger partial charge is 0.282 e. The molecular formula is C18H12BrCl2FN4O2. The Hall–Kier alpha value is -2.13. The number of nitrogens with one attached hydrogen (secondary N) is 1. The first kappa shape index (κ1) is 19.2. The number of benzene rings is 2. The molecule has 2 heterocycles. The highest BCUT2D eigenvalue weighted by Crippen LogP contribution is 2.35. The van der Waals surface area contributed by atoms with Crippen LogP contribution in [0.2, 0.25) is 10.0 Å². The molecule has 2 aromatic rings. The molecule has 6 nitrogen and oxygen atoms in total. The molecule has 10 heteroatoms. The minimum atomic E-state index is -0.964. The topological polar surface area (TPSA) is 55.9 Å². The number of hydrazine groups is 1. The third kappa shape index (κ3) is 3.16. The van der Waals surface area contributed by atoms with Crippen molar-refractivity contribution in [1.29, 1.82) is 0 Å². The first-order valence-electron chi connectivity index (χ1n) is 8.13. The zero-order chi connectivity index (χ0) is 20.0. The number of fused-ring (bicyclic) bond motifs is 1. The molecule has 3 amide bonds. The van der Waals surface area contributed by atoms with Gasteiger partial charge in [0.1, 0.15) is 5.82 Å². The monoisotopic (exact) mass is 484 g/mol. The van der Waals surface area contributed by atoms with Gasteiger partial charge in [-0.15, -0.1) is 0 Å². The van der Waals surface area contributed by atoms with Crippen LogP contribution in [0.15, 0.2) is 53.3 Å². The van der Waals surface area contributed by atoms with E-state index in [4.69, 9.17) is 23.2 Å². The average Bonchev–Trinajstić information content (AvgIpc) is 2.98. The summed E-state index contributed by atoms with van der Waals surface area (Å²) in [6.07, 6.45) is 2.00. The van der Waals surface area contributed by atoms with E-state index in [0.29, 0.717) is 15.2 Å². The molecular weight excluding hydrogens is 474 g/mol. The summed E-state index contributed by atoms with van der Waals surface area (Å²) in [5, 5.41) is 1.81. The van der Waals surface area contributed by atoms with E-state index in [9.17, 15) is 14.0 Å². The van der Waals surface area contributed by atoms with Crippen molar-refractivity contribution < 1.29 is 14.0 Å². The summed E-state index contributed by atoms with van der Waals surface area (Å²) < 4.78 is 14.6. The van der Waals surface area contributed by atoms with Gasteiger partial charge in [-0.2, -0.15) is 5.43 Å². The second-order valence-corrected chi connectivity index (χ2v) is 7.69. The normalized spacial score (nSPS) is 18.9. The Morgan fingerprint density at radius 2 is 1.79 bits per heavy atom. The van der Waals surface area contributed by atoms with Crippen molar-refractivity contribution in [2.24, 2.45) is 0 Å². The van der Waals surface area contributed by atoms with E-state index < -0.39 is 18.0 Å². The van der Waals surface area contributed by atoms with Gasteiger partial charge in [-0.25, -0.2) is 9.18 Å². The van der Waals surface area contributed by atoms with Crippen LogP contribution in [0.3, 0.4) is 0 Å². The lowest BCUT2D eigenvalue weighted by Crippen LogP contribution is -2.51. The van der Waals surface area contributed by atoms with Gasteiger partial charge in [0.05, 0.1) is 21.7 Å². The summed E-state index contributed by atoms with van der Waals surface area (Å²) in [6, 6.07) is 8.93. The van der Waals surface area contributed by atoms with Crippen molar-refractivity contribution in [2.45, 2.75) is 12.7 Å². The van der Waals surface area contributed by atoms with Crippen LogP contribution in [0.5, 0.6) is 0 Å². The molecule has 2 aliphatic heterocycles. The summed E-state index contributed by atoms with van der Waals surface area (Å²) in [7, 11) is 0. The molecule has 0 saturated carbocycles. The predicted molar refractivity (Wildman–Crippen MR) is 107 cm³/mol. The summed E-state index contributed by atoms with van der Waals surface area (Å²) in [5.41, 5.74) is 3.53. The van der Waals surface area contributed by atoms with E-state index in [1.54, 1.807) is 18.2 Å². The highest BCUT2D eigenvalue weighted by molar-refractivity contribution is 9.10. The SMILES string of the molecule is O=C1C2NN(Cc3c(F)cccc3Cl)C(=O)N2C=CN1c1cccc(Cl)c1Br. The zero-order valence-electron chi connectivity index (χ0n) is 14.1. The predicted octanol–water partition coefficient (Wildman–Crippen LogP) is 4.48. The molecule has 2 aromatic carbocycles. The van der Waals surface area contributed by atoms with Gasteiger partial charge in [-0.3, -0.25) is 19.6 Å². The van der Waals surface area contributed by atoms with E-state index in [1.807, 2.05) is 0 Å². The number of hydrogen-bond acceptors (Lipinski definition) is 3. The van der Waals surface area contributed by atoms with E-state index in [2.05, 4.69) is 21.4 Å². The Bertz CT molecular complexity index is 999. The van der Waals surface area contributed by atoms with Crippen molar-refractivity contribution >= 4 is 56.8 Å². The van der Waals surface area contributed by atoms with Crippen LogP contribution < -0.4 is 10.3 Å². The Labute approximate surface area is 178 Å². The molecule has 0 aliphatic carbocycles. The van der Waals surface area contributed by atoms with Gasteiger partial charge in [-0.1, -0.05) is 35.3 Å². The van der Waals surface area contributed by atoms with E-state index in [0.717, 1.165) is 5.01 Å². The largest absolute Gasteiger partial charge is 0.340 e. The van der Waals surface area contributed by atoms with Gasteiger partial charge in [-0.05, 0) is 40.2 Å². The van der Waals surface area contributed by atoms with Crippen molar-refractivity contribution in [3.63, 3.8) is 0 Å². The maximum absolute atomic E-state index is 14.1. The Morgan fingerprint density at radius 1 is 1.07 bits per heavy atom. The van der Waals surface area contributed by atoms with Gasteiger partial charge >= 0.3 is 6.03 Å². The fourth-order valence-corrected chi connectivity index (χ4v) is 3.86. The van der Waals surface area contributed by atoms with Gasteiger partial charge in [0.25, 0.3) is 5.91 Å². The molecule has 1 atom stereocenters. The number of nitrogens with zero attached hydrogens (tertiary/aromatic N) is 3. The fraction of sp³-hybridized carbons (Fsp3) is 0.111. The number of halogens is 4. The van der Waals surface area contributed by atoms with Crippen molar-refractivity contribution in [3.05, 3.63) is 74.7 Å². The molecule has 28 heavy (non-hydrogen) atoms. The van der Waals surface area contributed by atoms with Crippen LogP contribution in [-0.4, -0.2) is 28.0 Å². The van der Waals surface area contributed by atoms with E-state index >= 15 is 0 Å². The number of hydrogen-bond donors (Lipinski definition) is 1. The Balaban J connectivity index is 1.60. The lowest BCUT2D eigenvalue weighted by molar-refractivity contribution is -0.122. The molecule has 0 radical (unpaired) electrons. The van der Waals surface area contributed by atoms with Gasteiger partial charge in [0.2, 0.25) is 0 Å². The van der Waals surface area contributed by atoms with Crippen LogP contribution in [0.4, 0.5) is 14.9 Å². The molecule has 1 saturated heterocycles. The van der Waals surface area contributed by atoms with E-state index in [1.165, 1.54) is 40.4 Å². The molecule has 0 bridgehead atoms. The summed E-state index contributed by atoms with van der Waals surface area (Å²) in [5.74, 6) is -0.917. The first-order chi connectivity index (χ1) is 13.4. The minimum absolute atomic E-state index is 0.126. The van der Waals surface area contributed by atoms with Crippen molar-refractivity contribution in [3.8, 4) is 0 Å². The standard InChI is InChI=1S/C18H12BrCl2FN4O2/c19-15-12(21)4-2-6-14(15)24-7-8-25-16(17(24)27)23-26(18(25)28)9-10-11(20)3-1-5-13(10)22/h1-8,16,23H,9H2. The van der Waals surface area contributed by atoms with Crippen LogP contribution >= 0.6 is 39.1 Å². The molecule has 2 aliphatic rings. The number of amides is 3. The molecule has 0 aromatic heterocycles. The molecule has 1 N–H and O–H groups in total. The second kappa shape index (κ2) is 7.36. The summed E-state index contributed by atoms with van der Waals surface area (Å²) in [4.78, 5) is 28.3. The highest BCUT2D eigenvalue weighted by Gasteiger charge is 2.44. The highest BCUT2D eigenvalue weighted by atomic mass is 79.9. The van der Waals surface area contributed by atoms with Crippen LogP contribution in [0.25, 0.3) is 0 Å². The molecule has 0 spiro atoms. The van der Waals surface area contributed by atoms with Crippen molar-refractivity contribution in [2.75, 3.05) is 4.90 Å². The van der Waals surface area contributed by atoms with Crippen LogP contribution in [-0.2, 0) is 11.3 Å². The lowest BCUT2D eigenvalue weighted by Gasteiger charge is -2.30. The number of urea groups is 1. The first-order valence-corrected chi connectivity index (χ1v) is 9.67. The van der Waals surface area contributed by atoms with Crippen molar-refractivity contribution in [1.82, 2.24) is 15.3 Å². The average molecular weight is 486 g/mol. The zero-order valence-corrected chi connectivity index (χ0v) is 17.2. The minimum Gasteiger partial charge on any atom is -0.282 e. The third-order valence-electron chi connectivity index (χ3n) is 4.42. The molecule has 1 fully saturated rings. The third-order valence-corrected chi connectivity index (χ3v) is 6.16. The number of carbonyl (C=O) groups excluding carboxylic acids is 2. The number of carbonyl (C=O) groups is 2. The van der Waals surface area contributed by atoms with Gasteiger partial charge in [0, 0.05) is 23.0 Å². The molecule has 144 valence electrons. The Morgan fingerprint density at radius 3 is 2.54 bits per heavy atom. The van der Waals surface area contributed by atoms with E-state index in [-0.39, 0.29) is 23.0 Å².